The van der Waals surface area contributed by atoms with Gasteiger partial charge in [0, 0.05) is 6.07 Å². The second-order valence-corrected chi connectivity index (χ2v) is 7.31. The predicted molar refractivity (Wildman–Crippen MR) is 96.1 cm³/mol. The van der Waals surface area contributed by atoms with Crippen LogP contribution in [0.4, 0.5) is 5.82 Å². The van der Waals surface area contributed by atoms with Gasteiger partial charge in [-0.2, -0.15) is 0 Å². The highest BCUT2D eigenvalue weighted by atomic mass is 32.2. The van der Waals surface area contributed by atoms with Gasteiger partial charge in [0.15, 0.2) is 5.82 Å². The molecule has 0 bridgehead atoms. The molecule has 142 valence electrons. The van der Waals surface area contributed by atoms with E-state index in [0.29, 0.717) is 11.5 Å². The van der Waals surface area contributed by atoms with Gasteiger partial charge in [-0.3, -0.25) is 4.72 Å². The van der Waals surface area contributed by atoms with E-state index in [1.807, 2.05) is 13.8 Å². The maximum absolute atomic E-state index is 12.4. The van der Waals surface area contributed by atoms with Crippen LogP contribution in [0, 0.1) is 13.8 Å². The van der Waals surface area contributed by atoms with Crippen molar-refractivity contribution in [3.8, 4) is 11.6 Å². The summed E-state index contributed by atoms with van der Waals surface area (Å²) in [7, 11) is -2.35. The largest absolute Gasteiger partial charge is 0.489 e. The quantitative estimate of drug-likeness (QED) is 0.654. The van der Waals surface area contributed by atoms with E-state index in [4.69, 9.17) is 14.0 Å². The third-order valence-electron chi connectivity index (χ3n) is 3.79. The molecule has 0 aliphatic heterocycles. The van der Waals surface area contributed by atoms with Crippen LogP contribution in [0.25, 0.3) is 0 Å². The van der Waals surface area contributed by atoms with Crippen LogP contribution >= 0.6 is 0 Å². The number of hydrogen-bond acceptors (Lipinski definition) is 8. The average Bonchev–Trinajstić information content (AvgIpc) is 2.98. The van der Waals surface area contributed by atoms with Gasteiger partial charge in [0.1, 0.15) is 18.1 Å². The minimum atomic E-state index is -3.80. The molecule has 3 rings (SSSR count). The third-order valence-corrected chi connectivity index (χ3v) is 5.16. The normalized spacial score (nSPS) is 11.2. The Balaban J connectivity index is 1.68. The SMILES string of the molecule is COc1ccc(NS(=O)(=O)c2ccc(OCc3c(C)noc3C)cc2)nn1. The Kier molecular flexibility index (Phi) is 5.26. The molecule has 10 heteroatoms. The Bertz CT molecular complexity index is 995. The molecule has 1 aromatic carbocycles. The molecule has 2 aromatic heterocycles. The number of sulfonamides is 1. The predicted octanol–water partition coefficient (Wildman–Crippen LogP) is 2.47. The molecule has 27 heavy (non-hydrogen) atoms. The van der Waals surface area contributed by atoms with Gasteiger partial charge < -0.3 is 14.0 Å². The van der Waals surface area contributed by atoms with E-state index in [9.17, 15) is 8.42 Å². The second-order valence-electron chi connectivity index (χ2n) is 5.63. The van der Waals surface area contributed by atoms with Crippen LogP contribution in [-0.4, -0.2) is 30.9 Å². The first-order valence-corrected chi connectivity index (χ1v) is 9.42. The first-order valence-electron chi connectivity index (χ1n) is 7.94. The summed E-state index contributed by atoms with van der Waals surface area (Å²) in [5.41, 5.74) is 1.63. The van der Waals surface area contributed by atoms with Crippen LogP contribution < -0.4 is 14.2 Å². The van der Waals surface area contributed by atoms with Crippen molar-refractivity contribution in [3.05, 3.63) is 53.4 Å². The molecular weight excluding hydrogens is 372 g/mol. The van der Waals surface area contributed by atoms with Gasteiger partial charge in [0.25, 0.3) is 10.0 Å². The molecule has 0 saturated carbocycles. The second kappa shape index (κ2) is 7.62. The van der Waals surface area contributed by atoms with E-state index in [1.165, 1.54) is 31.4 Å². The van der Waals surface area contributed by atoms with Crippen molar-refractivity contribution in [1.82, 2.24) is 15.4 Å². The molecule has 0 amide bonds. The highest BCUT2D eigenvalue weighted by Crippen LogP contribution is 2.21. The van der Waals surface area contributed by atoms with E-state index in [2.05, 4.69) is 20.1 Å². The fraction of sp³-hybridized carbons (Fsp3) is 0.235. The standard InChI is InChI=1S/C17H18N4O5S/c1-11-15(12(2)26-20-11)10-25-13-4-6-14(7-5-13)27(22,23)21-16-8-9-17(24-3)19-18-16/h4-9H,10H2,1-3H3,(H,18,21). The Labute approximate surface area is 156 Å². The summed E-state index contributed by atoms with van der Waals surface area (Å²) in [6.45, 7) is 3.92. The summed E-state index contributed by atoms with van der Waals surface area (Å²) in [5.74, 6) is 1.60. The van der Waals surface area contributed by atoms with Crippen molar-refractivity contribution < 1.29 is 22.4 Å². The van der Waals surface area contributed by atoms with E-state index >= 15 is 0 Å². The maximum Gasteiger partial charge on any atom is 0.263 e. The zero-order valence-corrected chi connectivity index (χ0v) is 15.8. The fourth-order valence-electron chi connectivity index (χ4n) is 2.26. The summed E-state index contributed by atoms with van der Waals surface area (Å²) in [6, 6.07) is 9.02. The van der Waals surface area contributed by atoms with Crippen molar-refractivity contribution >= 4 is 15.8 Å². The van der Waals surface area contributed by atoms with Gasteiger partial charge in [-0.25, -0.2) is 8.42 Å². The molecule has 0 aliphatic carbocycles. The van der Waals surface area contributed by atoms with E-state index in [0.717, 1.165) is 11.3 Å². The van der Waals surface area contributed by atoms with Crippen LogP contribution in [0.15, 0.2) is 45.8 Å². The number of nitrogens with one attached hydrogen (secondary N) is 1. The Hall–Kier alpha value is -3.14. The lowest BCUT2D eigenvalue weighted by Gasteiger charge is -2.09. The molecule has 2 heterocycles. The van der Waals surface area contributed by atoms with Crippen LogP contribution in [0.3, 0.4) is 0 Å². The molecule has 9 nitrogen and oxygen atoms in total. The smallest absolute Gasteiger partial charge is 0.263 e. The molecular formula is C17H18N4O5S. The van der Waals surface area contributed by atoms with Gasteiger partial charge in [-0.1, -0.05) is 5.16 Å². The lowest BCUT2D eigenvalue weighted by molar-refractivity contribution is 0.301. The van der Waals surface area contributed by atoms with Gasteiger partial charge in [0.2, 0.25) is 5.88 Å². The van der Waals surface area contributed by atoms with E-state index in [-0.39, 0.29) is 23.2 Å². The molecule has 0 spiro atoms. The zero-order chi connectivity index (χ0) is 19.4. The molecule has 1 N–H and O–H groups in total. The number of anilines is 1. The Morgan fingerprint density at radius 3 is 2.37 bits per heavy atom. The Morgan fingerprint density at radius 1 is 1.07 bits per heavy atom. The molecule has 0 radical (unpaired) electrons. The number of aryl methyl sites for hydroxylation is 2. The molecule has 3 aromatic rings. The molecule has 0 aliphatic rings. The molecule has 0 saturated heterocycles. The highest BCUT2D eigenvalue weighted by Gasteiger charge is 2.16. The molecule has 0 fully saturated rings. The number of nitrogens with zero attached hydrogens (tertiary/aromatic N) is 3. The van der Waals surface area contributed by atoms with Crippen LogP contribution in [0.5, 0.6) is 11.6 Å². The van der Waals surface area contributed by atoms with Crippen LogP contribution in [0.1, 0.15) is 17.0 Å². The minimum Gasteiger partial charge on any atom is -0.489 e. The average molecular weight is 390 g/mol. The maximum atomic E-state index is 12.4. The fourth-order valence-corrected chi connectivity index (χ4v) is 3.25. The number of hydrogen-bond donors (Lipinski definition) is 1. The van der Waals surface area contributed by atoms with Crippen molar-refractivity contribution in [2.45, 2.75) is 25.3 Å². The van der Waals surface area contributed by atoms with Crippen LogP contribution in [0.2, 0.25) is 0 Å². The van der Waals surface area contributed by atoms with Crippen molar-refractivity contribution in [2.24, 2.45) is 0 Å². The monoisotopic (exact) mass is 390 g/mol. The summed E-state index contributed by atoms with van der Waals surface area (Å²) >= 11 is 0. The zero-order valence-electron chi connectivity index (χ0n) is 15.0. The third kappa shape index (κ3) is 4.34. The number of benzene rings is 1. The van der Waals surface area contributed by atoms with Gasteiger partial charge >= 0.3 is 0 Å². The summed E-state index contributed by atoms with van der Waals surface area (Å²) in [6.07, 6.45) is 0. The molecule has 0 atom stereocenters. The lowest BCUT2D eigenvalue weighted by atomic mass is 10.2. The van der Waals surface area contributed by atoms with Crippen molar-refractivity contribution in [2.75, 3.05) is 11.8 Å². The van der Waals surface area contributed by atoms with E-state index < -0.39 is 10.0 Å². The van der Waals surface area contributed by atoms with Gasteiger partial charge in [-0.15, -0.1) is 10.2 Å². The number of methoxy groups -OCH3 is 1. The highest BCUT2D eigenvalue weighted by molar-refractivity contribution is 7.92. The summed E-state index contributed by atoms with van der Waals surface area (Å²) < 4.78 is 42.9. The minimum absolute atomic E-state index is 0.0739. The van der Waals surface area contributed by atoms with Crippen molar-refractivity contribution in [3.63, 3.8) is 0 Å². The van der Waals surface area contributed by atoms with E-state index in [1.54, 1.807) is 12.1 Å². The summed E-state index contributed by atoms with van der Waals surface area (Å²) in [4.78, 5) is 0.0739. The topological polar surface area (TPSA) is 116 Å². The first kappa shape index (κ1) is 18.6. The summed E-state index contributed by atoms with van der Waals surface area (Å²) in [5, 5.41) is 11.3. The van der Waals surface area contributed by atoms with Gasteiger partial charge in [0.05, 0.1) is 23.3 Å². The number of aromatic nitrogens is 3. The molecule has 0 unspecified atom stereocenters. The van der Waals surface area contributed by atoms with Crippen LogP contribution in [-0.2, 0) is 16.6 Å². The number of rotatable bonds is 7. The van der Waals surface area contributed by atoms with Gasteiger partial charge in [-0.05, 0) is 44.2 Å². The number of ether oxygens (including phenoxy) is 2. The first-order chi connectivity index (χ1) is 12.9. The van der Waals surface area contributed by atoms with Crippen molar-refractivity contribution in [1.29, 1.82) is 0 Å². The Morgan fingerprint density at radius 2 is 1.81 bits per heavy atom. The lowest BCUT2D eigenvalue weighted by Crippen LogP contribution is -2.14.